The highest BCUT2D eigenvalue weighted by Gasteiger charge is 2.50. The molecule has 4 rings (SSSR count). The molecule has 0 nitrogen and oxygen atoms in total. The van der Waals surface area contributed by atoms with Gasteiger partial charge in [0.05, 0.1) is 0 Å². The lowest BCUT2D eigenvalue weighted by molar-refractivity contribution is 0.303. The minimum absolute atomic E-state index is 0.510. The molecule has 3 aliphatic carbocycles. The van der Waals surface area contributed by atoms with Crippen molar-refractivity contribution in [2.75, 3.05) is 0 Å². The van der Waals surface area contributed by atoms with Crippen LogP contribution in [0.2, 0.25) is 0 Å². The summed E-state index contributed by atoms with van der Waals surface area (Å²) in [5, 5.41) is 0. The number of aryl methyl sites for hydroxylation is 1. The number of rotatable bonds is 2. The highest BCUT2D eigenvalue weighted by molar-refractivity contribution is 5.44. The molecule has 0 heteroatoms. The Kier molecular flexibility index (Phi) is 2.84. The first-order chi connectivity index (χ1) is 9.73. The molecule has 0 aliphatic heterocycles. The Labute approximate surface area is 123 Å². The van der Waals surface area contributed by atoms with Gasteiger partial charge in [-0.15, -0.1) is 0 Å². The Balaban J connectivity index is 1.82. The zero-order valence-electron chi connectivity index (χ0n) is 12.9. The van der Waals surface area contributed by atoms with Crippen LogP contribution in [-0.2, 0) is 11.8 Å². The molecule has 20 heavy (non-hydrogen) atoms. The zero-order chi connectivity index (χ0) is 13.7. The number of hydrogen-bond donors (Lipinski definition) is 0. The van der Waals surface area contributed by atoms with E-state index in [1.807, 2.05) is 0 Å². The maximum atomic E-state index is 2.59. The van der Waals surface area contributed by atoms with Gasteiger partial charge in [-0.05, 0) is 73.0 Å². The molecular formula is C20H26. The second-order valence-electron chi connectivity index (χ2n) is 7.43. The van der Waals surface area contributed by atoms with E-state index in [0.717, 1.165) is 11.8 Å². The maximum absolute atomic E-state index is 2.59. The third-order valence-electron chi connectivity index (χ3n) is 6.43. The van der Waals surface area contributed by atoms with Gasteiger partial charge in [0.25, 0.3) is 0 Å². The fourth-order valence-electron chi connectivity index (χ4n) is 5.10. The van der Waals surface area contributed by atoms with Crippen LogP contribution in [0.4, 0.5) is 0 Å². The van der Waals surface area contributed by atoms with Gasteiger partial charge in [-0.25, -0.2) is 0 Å². The van der Waals surface area contributed by atoms with E-state index < -0.39 is 0 Å². The van der Waals surface area contributed by atoms with Crippen LogP contribution in [0.15, 0.2) is 30.4 Å². The zero-order valence-corrected chi connectivity index (χ0v) is 12.9. The van der Waals surface area contributed by atoms with Gasteiger partial charge < -0.3 is 0 Å². The average molecular weight is 266 g/mol. The average Bonchev–Trinajstić information content (AvgIpc) is 3.08. The van der Waals surface area contributed by atoms with E-state index in [9.17, 15) is 0 Å². The van der Waals surface area contributed by atoms with Gasteiger partial charge in [-0.1, -0.05) is 44.2 Å². The molecule has 1 spiro atoms. The van der Waals surface area contributed by atoms with E-state index in [-0.39, 0.29) is 0 Å². The van der Waals surface area contributed by atoms with Gasteiger partial charge in [0, 0.05) is 5.41 Å². The highest BCUT2D eigenvalue weighted by Crippen LogP contribution is 2.58. The third kappa shape index (κ3) is 1.66. The van der Waals surface area contributed by atoms with E-state index in [0.29, 0.717) is 11.3 Å². The first kappa shape index (κ1) is 12.7. The molecule has 0 heterocycles. The van der Waals surface area contributed by atoms with Crippen molar-refractivity contribution in [1.29, 1.82) is 0 Å². The summed E-state index contributed by atoms with van der Waals surface area (Å²) in [6.45, 7) is 4.68. The molecule has 0 saturated heterocycles. The molecule has 1 fully saturated rings. The third-order valence-corrected chi connectivity index (χ3v) is 6.43. The van der Waals surface area contributed by atoms with Crippen molar-refractivity contribution < 1.29 is 0 Å². The SMILES string of the molecule is CCC(C)c1ccc2c(c1)C1(CCC2)CC2C=CC1C2. The largest absolute Gasteiger partial charge is 0.0851 e. The van der Waals surface area contributed by atoms with Crippen molar-refractivity contribution in [3.05, 3.63) is 47.0 Å². The van der Waals surface area contributed by atoms with E-state index in [4.69, 9.17) is 0 Å². The van der Waals surface area contributed by atoms with Crippen LogP contribution in [0.3, 0.4) is 0 Å². The van der Waals surface area contributed by atoms with Crippen LogP contribution >= 0.6 is 0 Å². The second-order valence-corrected chi connectivity index (χ2v) is 7.43. The fourth-order valence-corrected chi connectivity index (χ4v) is 5.10. The van der Waals surface area contributed by atoms with Gasteiger partial charge in [0.2, 0.25) is 0 Å². The highest BCUT2D eigenvalue weighted by atomic mass is 14.5. The lowest BCUT2D eigenvalue weighted by Gasteiger charge is -2.41. The predicted octanol–water partition coefficient (Wildman–Crippen LogP) is 5.37. The summed E-state index contributed by atoms with van der Waals surface area (Å²) in [6, 6.07) is 7.44. The Morgan fingerprint density at radius 2 is 2.20 bits per heavy atom. The summed E-state index contributed by atoms with van der Waals surface area (Å²) in [4.78, 5) is 0. The van der Waals surface area contributed by atoms with Crippen LogP contribution < -0.4 is 0 Å². The molecule has 0 amide bonds. The van der Waals surface area contributed by atoms with Gasteiger partial charge in [0.1, 0.15) is 0 Å². The Morgan fingerprint density at radius 3 is 2.90 bits per heavy atom. The molecular weight excluding hydrogens is 240 g/mol. The summed E-state index contributed by atoms with van der Waals surface area (Å²) >= 11 is 0. The van der Waals surface area contributed by atoms with Gasteiger partial charge in [-0.3, -0.25) is 0 Å². The summed E-state index contributed by atoms with van der Waals surface area (Å²) in [5.41, 5.74) is 5.47. The van der Waals surface area contributed by atoms with E-state index >= 15 is 0 Å². The molecule has 3 aliphatic rings. The molecule has 4 unspecified atom stereocenters. The van der Waals surface area contributed by atoms with Crippen molar-refractivity contribution in [1.82, 2.24) is 0 Å². The predicted molar refractivity (Wildman–Crippen MR) is 85.1 cm³/mol. The summed E-state index contributed by atoms with van der Waals surface area (Å²) in [5.74, 6) is 2.41. The van der Waals surface area contributed by atoms with Gasteiger partial charge in [0.15, 0.2) is 0 Å². The fraction of sp³-hybridized carbons (Fsp3) is 0.600. The lowest BCUT2D eigenvalue weighted by Crippen LogP contribution is -2.35. The number of allylic oxidation sites excluding steroid dienone is 2. The van der Waals surface area contributed by atoms with Crippen molar-refractivity contribution in [3.8, 4) is 0 Å². The number of hydrogen-bond acceptors (Lipinski definition) is 0. The van der Waals surface area contributed by atoms with Gasteiger partial charge in [-0.2, -0.15) is 0 Å². The molecule has 4 atom stereocenters. The minimum atomic E-state index is 0.510. The monoisotopic (exact) mass is 266 g/mol. The molecule has 0 radical (unpaired) electrons. The molecule has 106 valence electrons. The van der Waals surface area contributed by atoms with Crippen molar-refractivity contribution in [3.63, 3.8) is 0 Å². The standard InChI is InChI=1S/C20H26/c1-3-14(2)17-8-7-16-5-4-10-20(19(16)12-17)13-15-6-9-18(20)11-15/h6-9,12,14-15,18H,3-5,10-11,13H2,1-2H3. The molecule has 0 N–H and O–H groups in total. The lowest BCUT2D eigenvalue weighted by atomic mass is 9.62. The van der Waals surface area contributed by atoms with Crippen LogP contribution in [0, 0.1) is 11.8 Å². The topological polar surface area (TPSA) is 0 Å². The Bertz CT molecular complexity index is 553. The molecule has 1 saturated carbocycles. The quantitative estimate of drug-likeness (QED) is 0.631. The number of fused-ring (bicyclic) bond motifs is 5. The van der Waals surface area contributed by atoms with Crippen LogP contribution in [0.1, 0.15) is 68.6 Å². The van der Waals surface area contributed by atoms with Crippen molar-refractivity contribution in [2.24, 2.45) is 11.8 Å². The summed E-state index contributed by atoms with van der Waals surface area (Å²) in [7, 11) is 0. The van der Waals surface area contributed by atoms with E-state index in [1.54, 1.807) is 16.7 Å². The van der Waals surface area contributed by atoms with Crippen LogP contribution in [0.25, 0.3) is 0 Å². The van der Waals surface area contributed by atoms with E-state index in [1.165, 1.54) is 38.5 Å². The normalized spacial score (nSPS) is 35.5. The summed E-state index contributed by atoms with van der Waals surface area (Å²) in [6.07, 6.45) is 13.2. The first-order valence-electron chi connectivity index (χ1n) is 8.54. The molecule has 2 bridgehead atoms. The second kappa shape index (κ2) is 4.48. The minimum Gasteiger partial charge on any atom is -0.0851 e. The van der Waals surface area contributed by atoms with Crippen LogP contribution in [-0.4, -0.2) is 0 Å². The van der Waals surface area contributed by atoms with Crippen molar-refractivity contribution >= 4 is 0 Å². The van der Waals surface area contributed by atoms with Crippen LogP contribution in [0.5, 0.6) is 0 Å². The Hall–Kier alpha value is -1.04. The van der Waals surface area contributed by atoms with Crippen molar-refractivity contribution in [2.45, 2.75) is 63.7 Å². The van der Waals surface area contributed by atoms with Gasteiger partial charge >= 0.3 is 0 Å². The number of benzene rings is 1. The molecule has 0 aromatic heterocycles. The smallest absolute Gasteiger partial charge is 0.00244 e. The maximum Gasteiger partial charge on any atom is 0.00244 e. The summed E-state index contributed by atoms with van der Waals surface area (Å²) < 4.78 is 0. The van der Waals surface area contributed by atoms with E-state index in [2.05, 4.69) is 44.2 Å². The molecule has 1 aromatic carbocycles. The molecule has 1 aromatic rings. The first-order valence-corrected chi connectivity index (χ1v) is 8.54. The Morgan fingerprint density at radius 1 is 1.30 bits per heavy atom.